The van der Waals surface area contributed by atoms with Gasteiger partial charge in [-0.15, -0.1) is 0 Å². The monoisotopic (exact) mass is 440 g/mol. The molecule has 1 N–H and O–H groups in total. The number of hydrogen-bond donors (Lipinski definition) is 1. The van der Waals surface area contributed by atoms with Crippen molar-refractivity contribution in [2.24, 2.45) is 0 Å². The van der Waals surface area contributed by atoms with Gasteiger partial charge < -0.3 is 5.32 Å². The molecule has 1 aliphatic carbocycles. The Hall–Kier alpha value is -3.67. The van der Waals surface area contributed by atoms with Crippen molar-refractivity contribution in [2.45, 2.75) is 44.6 Å². The summed E-state index contributed by atoms with van der Waals surface area (Å²) in [6.45, 7) is 0.526. The van der Waals surface area contributed by atoms with Crippen LogP contribution in [0.1, 0.15) is 54.1 Å². The Balaban J connectivity index is 1.48. The third-order valence-electron chi connectivity index (χ3n) is 6.51. The van der Waals surface area contributed by atoms with Crippen LogP contribution in [0.15, 0.2) is 77.9 Å². The first-order valence-electron chi connectivity index (χ1n) is 11.7. The maximum Gasteiger partial charge on any atom is 0.279 e. The normalized spacial score (nSPS) is 14.4. The summed E-state index contributed by atoms with van der Waals surface area (Å²) < 4.78 is 3.96. The molecule has 0 spiro atoms. The van der Waals surface area contributed by atoms with Gasteiger partial charge in [-0.1, -0.05) is 37.5 Å². The van der Waals surface area contributed by atoms with Gasteiger partial charge >= 0.3 is 0 Å². The number of pyridine rings is 1. The Bertz CT molecular complexity index is 1300. The van der Waals surface area contributed by atoms with Gasteiger partial charge in [0.25, 0.3) is 11.5 Å². The van der Waals surface area contributed by atoms with Gasteiger partial charge in [0.15, 0.2) is 0 Å². The second-order valence-corrected chi connectivity index (χ2v) is 8.68. The fourth-order valence-electron chi connectivity index (χ4n) is 4.84. The molecule has 0 unspecified atom stereocenters. The molecule has 2 aromatic carbocycles. The van der Waals surface area contributed by atoms with Crippen molar-refractivity contribution < 1.29 is 4.79 Å². The fourth-order valence-corrected chi connectivity index (χ4v) is 4.84. The standard InChI is InChI=1S/C27H28N4O2/c32-26(29-18-15-20-13-16-28-17-14-20)21-11-12-25-24(19-21)27(33)31(23-9-5-2-6-10-23)30(25)22-7-3-1-4-8-22/h2,5-6,9-14,16-17,19,22H,1,3-4,7-8,15,18H2,(H,29,32). The largest absolute Gasteiger partial charge is 0.352 e. The lowest BCUT2D eigenvalue weighted by atomic mass is 9.95. The summed E-state index contributed by atoms with van der Waals surface area (Å²) in [6, 6.07) is 19.5. The number of fused-ring (bicyclic) bond motifs is 1. The predicted octanol–water partition coefficient (Wildman–Crippen LogP) is 4.66. The summed E-state index contributed by atoms with van der Waals surface area (Å²) in [5, 5.41) is 3.56. The van der Waals surface area contributed by atoms with Crippen molar-refractivity contribution in [3.8, 4) is 5.69 Å². The number of nitrogens with zero attached hydrogens (tertiary/aromatic N) is 3. The van der Waals surface area contributed by atoms with Crippen LogP contribution in [0.25, 0.3) is 16.6 Å². The number of carbonyl (C=O) groups is 1. The van der Waals surface area contributed by atoms with Gasteiger partial charge in [0.05, 0.1) is 22.6 Å². The summed E-state index contributed by atoms with van der Waals surface area (Å²) in [4.78, 5) is 30.4. The maximum atomic E-state index is 13.6. The first-order valence-corrected chi connectivity index (χ1v) is 11.7. The Morgan fingerprint density at radius 3 is 2.48 bits per heavy atom. The molecule has 33 heavy (non-hydrogen) atoms. The van der Waals surface area contributed by atoms with Crippen molar-refractivity contribution >= 4 is 16.8 Å². The van der Waals surface area contributed by atoms with Gasteiger partial charge in [0.2, 0.25) is 0 Å². The van der Waals surface area contributed by atoms with E-state index in [-0.39, 0.29) is 17.5 Å². The summed E-state index contributed by atoms with van der Waals surface area (Å²) in [5.74, 6) is -0.165. The lowest BCUT2D eigenvalue weighted by Gasteiger charge is -2.26. The van der Waals surface area contributed by atoms with Crippen LogP contribution in [0, 0.1) is 0 Å². The number of amides is 1. The molecule has 1 fully saturated rings. The van der Waals surface area contributed by atoms with Crippen molar-refractivity contribution in [1.82, 2.24) is 19.7 Å². The van der Waals surface area contributed by atoms with Gasteiger partial charge in [0, 0.05) is 24.5 Å². The molecule has 1 amide bonds. The Labute approximate surface area is 192 Å². The summed E-state index contributed by atoms with van der Waals surface area (Å²) in [5.41, 5.74) is 3.30. The molecule has 5 rings (SSSR count). The molecular formula is C27H28N4O2. The van der Waals surface area contributed by atoms with Crippen LogP contribution >= 0.6 is 0 Å². The smallest absolute Gasteiger partial charge is 0.279 e. The number of benzene rings is 2. The highest BCUT2D eigenvalue weighted by Crippen LogP contribution is 2.31. The topological polar surface area (TPSA) is 68.9 Å². The number of hydrogen-bond acceptors (Lipinski definition) is 3. The van der Waals surface area contributed by atoms with Crippen LogP contribution in [0.2, 0.25) is 0 Å². The second kappa shape index (κ2) is 9.45. The SMILES string of the molecule is O=C(NCCc1ccncc1)c1ccc2c(c1)c(=O)n(-c1ccccc1)n2C1CCCCC1. The van der Waals surface area contributed by atoms with E-state index in [1.807, 2.05) is 54.6 Å². The van der Waals surface area contributed by atoms with Crippen LogP contribution in [-0.2, 0) is 6.42 Å². The quantitative estimate of drug-likeness (QED) is 0.474. The molecule has 0 bridgehead atoms. The summed E-state index contributed by atoms with van der Waals surface area (Å²) in [7, 11) is 0. The zero-order valence-corrected chi connectivity index (χ0v) is 18.6. The molecule has 2 aromatic heterocycles. The lowest BCUT2D eigenvalue weighted by Crippen LogP contribution is -2.26. The van der Waals surface area contributed by atoms with Crippen LogP contribution < -0.4 is 10.9 Å². The van der Waals surface area contributed by atoms with Crippen LogP contribution in [-0.4, -0.2) is 26.8 Å². The van der Waals surface area contributed by atoms with Crippen molar-refractivity contribution in [3.05, 3.63) is 94.5 Å². The number of aromatic nitrogens is 3. The minimum absolute atomic E-state index is 0.0757. The average Bonchev–Trinajstić information content (AvgIpc) is 3.17. The number of nitrogens with one attached hydrogen (secondary N) is 1. The van der Waals surface area contributed by atoms with E-state index in [0.717, 1.165) is 36.0 Å². The number of rotatable bonds is 6. The van der Waals surface area contributed by atoms with Crippen LogP contribution in [0.5, 0.6) is 0 Å². The van der Waals surface area contributed by atoms with E-state index in [1.54, 1.807) is 23.1 Å². The molecule has 0 radical (unpaired) electrons. The Kier molecular flexibility index (Phi) is 6.07. The minimum Gasteiger partial charge on any atom is -0.352 e. The third-order valence-corrected chi connectivity index (χ3v) is 6.51. The molecule has 6 heteroatoms. The van der Waals surface area contributed by atoms with E-state index in [2.05, 4.69) is 15.0 Å². The zero-order valence-electron chi connectivity index (χ0n) is 18.6. The van der Waals surface area contributed by atoms with Crippen molar-refractivity contribution in [3.63, 3.8) is 0 Å². The van der Waals surface area contributed by atoms with Gasteiger partial charge in [-0.2, -0.15) is 0 Å². The maximum absolute atomic E-state index is 13.6. The van der Waals surface area contributed by atoms with E-state index >= 15 is 0 Å². The molecule has 4 aromatic rings. The van der Waals surface area contributed by atoms with E-state index in [9.17, 15) is 9.59 Å². The highest BCUT2D eigenvalue weighted by atomic mass is 16.2. The van der Waals surface area contributed by atoms with Crippen molar-refractivity contribution in [1.29, 1.82) is 0 Å². The molecule has 1 saturated carbocycles. The molecule has 0 saturated heterocycles. The minimum atomic E-state index is -0.165. The first-order chi connectivity index (χ1) is 16.2. The first kappa shape index (κ1) is 21.2. The van der Waals surface area contributed by atoms with Gasteiger partial charge in [-0.05, 0) is 67.3 Å². The van der Waals surface area contributed by atoms with Crippen molar-refractivity contribution in [2.75, 3.05) is 6.54 Å². The van der Waals surface area contributed by atoms with E-state index < -0.39 is 0 Å². The molecule has 0 aliphatic heterocycles. The number of para-hydroxylation sites is 1. The third kappa shape index (κ3) is 4.33. The number of carbonyl (C=O) groups excluding carboxylic acids is 1. The molecule has 2 heterocycles. The van der Waals surface area contributed by atoms with Gasteiger partial charge in [-0.3, -0.25) is 19.3 Å². The zero-order chi connectivity index (χ0) is 22.6. The molecule has 6 nitrogen and oxygen atoms in total. The van der Waals surface area contributed by atoms with Crippen LogP contribution in [0.3, 0.4) is 0 Å². The molecule has 0 atom stereocenters. The average molecular weight is 441 g/mol. The molecule has 1 aliphatic rings. The van der Waals surface area contributed by atoms with E-state index in [1.165, 1.54) is 19.3 Å². The Morgan fingerprint density at radius 1 is 0.970 bits per heavy atom. The lowest BCUT2D eigenvalue weighted by molar-refractivity contribution is 0.0954. The second-order valence-electron chi connectivity index (χ2n) is 8.68. The summed E-state index contributed by atoms with van der Waals surface area (Å²) in [6.07, 6.45) is 9.95. The van der Waals surface area contributed by atoms with E-state index in [0.29, 0.717) is 17.5 Å². The van der Waals surface area contributed by atoms with Crippen LogP contribution in [0.4, 0.5) is 0 Å². The Morgan fingerprint density at radius 2 is 1.73 bits per heavy atom. The molecule has 168 valence electrons. The van der Waals surface area contributed by atoms with Gasteiger partial charge in [0.1, 0.15) is 0 Å². The molecular weight excluding hydrogens is 412 g/mol. The van der Waals surface area contributed by atoms with Gasteiger partial charge in [-0.25, -0.2) is 4.68 Å². The fraction of sp³-hybridized carbons (Fsp3) is 0.296. The predicted molar refractivity (Wildman–Crippen MR) is 130 cm³/mol. The highest BCUT2D eigenvalue weighted by Gasteiger charge is 2.24. The summed E-state index contributed by atoms with van der Waals surface area (Å²) >= 11 is 0. The van der Waals surface area contributed by atoms with E-state index in [4.69, 9.17) is 0 Å². The highest BCUT2D eigenvalue weighted by molar-refractivity contribution is 5.98.